The maximum Gasteiger partial charge on any atom is 0.115 e. The highest BCUT2D eigenvalue weighted by Gasteiger charge is 2.26. The van der Waals surface area contributed by atoms with Crippen LogP contribution in [0.2, 0.25) is 0 Å². The second-order valence-corrected chi connectivity index (χ2v) is 6.19. The predicted molar refractivity (Wildman–Crippen MR) is 79.2 cm³/mol. The topological polar surface area (TPSA) is 35.5 Å². The lowest BCUT2D eigenvalue weighted by Crippen LogP contribution is -2.55. The Labute approximate surface area is 116 Å². The molecule has 0 bridgehead atoms. The Morgan fingerprint density at radius 3 is 2.63 bits per heavy atom. The summed E-state index contributed by atoms with van der Waals surface area (Å²) in [7, 11) is 0. The van der Waals surface area contributed by atoms with Crippen LogP contribution in [0.15, 0.2) is 24.3 Å². The number of piperazine rings is 1. The maximum atomic E-state index is 9.35. The summed E-state index contributed by atoms with van der Waals surface area (Å²) in [5, 5.41) is 12.9. The Hall–Kier alpha value is -1.06. The fourth-order valence-corrected chi connectivity index (χ4v) is 2.84. The molecule has 1 aromatic rings. The third kappa shape index (κ3) is 4.22. The summed E-state index contributed by atoms with van der Waals surface area (Å²) in [5.41, 5.74) is 1.28. The first-order valence-corrected chi connectivity index (χ1v) is 7.30. The van der Waals surface area contributed by atoms with Crippen molar-refractivity contribution in [2.75, 3.05) is 13.1 Å². The molecule has 2 unspecified atom stereocenters. The molecule has 1 heterocycles. The number of phenols is 1. The molecule has 2 N–H and O–H groups in total. The number of phenolic OH excluding ortho intramolecular Hbond substituents is 1. The van der Waals surface area contributed by atoms with Gasteiger partial charge < -0.3 is 10.4 Å². The van der Waals surface area contributed by atoms with Crippen molar-refractivity contribution in [1.29, 1.82) is 0 Å². The quantitative estimate of drug-likeness (QED) is 0.875. The third-order valence-electron chi connectivity index (χ3n) is 3.79. The maximum absolute atomic E-state index is 9.35. The van der Waals surface area contributed by atoms with Crippen molar-refractivity contribution >= 4 is 0 Å². The molecule has 0 aromatic heterocycles. The van der Waals surface area contributed by atoms with Gasteiger partial charge in [-0.15, -0.1) is 0 Å². The van der Waals surface area contributed by atoms with Gasteiger partial charge >= 0.3 is 0 Å². The van der Waals surface area contributed by atoms with E-state index in [0.717, 1.165) is 25.6 Å². The van der Waals surface area contributed by atoms with Crippen LogP contribution in [0.5, 0.6) is 5.75 Å². The summed E-state index contributed by atoms with van der Waals surface area (Å²) < 4.78 is 0. The normalized spacial score (nSPS) is 24.8. The molecule has 3 heteroatoms. The van der Waals surface area contributed by atoms with Gasteiger partial charge in [-0.05, 0) is 37.0 Å². The van der Waals surface area contributed by atoms with E-state index in [1.54, 1.807) is 12.1 Å². The molecule has 0 saturated carbocycles. The summed E-state index contributed by atoms with van der Waals surface area (Å²) in [5.74, 6) is 1.07. The van der Waals surface area contributed by atoms with Gasteiger partial charge in [0.15, 0.2) is 0 Å². The van der Waals surface area contributed by atoms with Gasteiger partial charge in [-0.25, -0.2) is 0 Å². The number of nitrogens with zero attached hydrogens (tertiary/aromatic N) is 1. The Morgan fingerprint density at radius 2 is 2.00 bits per heavy atom. The first kappa shape index (κ1) is 14.4. The van der Waals surface area contributed by atoms with Gasteiger partial charge in [0, 0.05) is 31.7 Å². The molecule has 2 atom stereocenters. The Morgan fingerprint density at radius 1 is 1.32 bits per heavy atom. The number of benzene rings is 1. The zero-order valence-electron chi connectivity index (χ0n) is 12.3. The van der Waals surface area contributed by atoms with E-state index in [-0.39, 0.29) is 0 Å². The number of rotatable bonds is 4. The average molecular weight is 262 g/mol. The Bertz CT molecular complexity index is 388. The molecular weight excluding hydrogens is 236 g/mol. The van der Waals surface area contributed by atoms with E-state index in [2.05, 4.69) is 31.0 Å². The first-order chi connectivity index (χ1) is 9.04. The molecule has 0 aliphatic carbocycles. The summed E-state index contributed by atoms with van der Waals surface area (Å²) in [4.78, 5) is 2.58. The highest BCUT2D eigenvalue weighted by Crippen LogP contribution is 2.19. The lowest BCUT2D eigenvalue weighted by Gasteiger charge is -2.40. The lowest BCUT2D eigenvalue weighted by atomic mass is 9.98. The summed E-state index contributed by atoms with van der Waals surface area (Å²) in [6, 6.07) is 8.77. The molecule has 0 spiro atoms. The van der Waals surface area contributed by atoms with Crippen molar-refractivity contribution in [3.05, 3.63) is 29.8 Å². The van der Waals surface area contributed by atoms with Gasteiger partial charge in [0.05, 0.1) is 0 Å². The highest BCUT2D eigenvalue weighted by atomic mass is 16.3. The molecule has 106 valence electrons. The molecule has 19 heavy (non-hydrogen) atoms. The molecule has 1 aromatic carbocycles. The van der Waals surface area contributed by atoms with Crippen molar-refractivity contribution in [2.45, 2.75) is 45.8 Å². The second-order valence-electron chi connectivity index (χ2n) is 6.19. The Kier molecular flexibility index (Phi) is 4.83. The average Bonchev–Trinajstić information content (AvgIpc) is 2.35. The van der Waals surface area contributed by atoms with Crippen LogP contribution in [0, 0.1) is 5.92 Å². The summed E-state index contributed by atoms with van der Waals surface area (Å²) in [6.07, 6.45) is 1.23. The molecule has 2 rings (SSSR count). The molecular formula is C16H26N2O. The van der Waals surface area contributed by atoms with Crippen LogP contribution in [0.25, 0.3) is 0 Å². The largest absolute Gasteiger partial charge is 0.508 e. The van der Waals surface area contributed by atoms with Crippen LogP contribution in [-0.2, 0) is 6.54 Å². The van der Waals surface area contributed by atoms with Crippen molar-refractivity contribution in [3.63, 3.8) is 0 Å². The van der Waals surface area contributed by atoms with Crippen LogP contribution in [0.4, 0.5) is 0 Å². The molecule has 0 amide bonds. The second kappa shape index (κ2) is 6.40. The van der Waals surface area contributed by atoms with Gasteiger partial charge in [-0.1, -0.05) is 26.0 Å². The number of aromatic hydroxyl groups is 1. The van der Waals surface area contributed by atoms with Crippen molar-refractivity contribution in [1.82, 2.24) is 10.2 Å². The lowest BCUT2D eigenvalue weighted by molar-refractivity contribution is 0.111. The summed E-state index contributed by atoms with van der Waals surface area (Å²) in [6.45, 7) is 9.97. The Balaban J connectivity index is 2.02. The van der Waals surface area contributed by atoms with Crippen LogP contribution in [-0.4, -0.2) is 35.2 Å². The van der Waals surface area contributed by atoms with E-state index >= 15 is 0 Å². The predicted octanol–water partition coefficient (Wildman–Crippen LogP) is 2.60. The van der Waals surface area contributed by atoms with Gasteiger partial charge in [-0.3, -0.25) is 4.90 Å². The zero-order valence-corrected chi connectivity index (χ0v) is 12.3. The SMILES string of the molecule is CC(C)CC1CNC(C)CN1Cc1ccc(O)cc1. The minimum absolute atomic E-state index is 0.344. The van der Waals surface area contributed by atoms with E-state index in [0.29, 0.717) is 17.8 Å². The van der Waals surface area contributed by atoms with Crippen molar-refractivity contribution < 1.29 is 5.11 Å². The van der Waals surface area contributed by atoms with Crippen molar-refractivity contribution in [2.24, 2.45) is 5.92 Å². The fraction of sp³-hybridized carbons (Fsp3) is 0.625. The molecule has 1 aliphatic heterocycles. The fourth-order valence-electron chi connectivity index (χ4n) is 2.84. The minimum atomic E-state index is 0.344. The standard InChI is InChI=1S/C16H26N2O/c1-12(2)8-15-9-17-13(3)10-18(15)11-14-4-6-16(19)7-5-14/h4-7,12-13,15,17,19H,8-11H2,1-3H3. The number of nitrogens with one attached hydrogen (secondary N) is 1. The van der Waals surface area contributed by atoms with Crippen LogP contribution in [0.1, 0.15) is 32.8 Å². The van der Waals surface area contributed by atoms with E-state index in [1.807, 2.05) is 12.1 Å². The zero-order chi connectivity index (χ0) is 13.8. The molecule has 1 aliphatic rings. The van der Waals surface area contributed by atoms with E-state index in [9.17, 15) is 5.11 Å². The van der Waals surface area contributed by atoms with Gasteiger partial charge in [0.2, 0.25) is 0 Å². The van der Waals surface area contributed by atoms with Gasteiger partial charge in [-0.2, -0.15) is 0 Å². The molecule has 3 nitrogen and oxygen atoms in total. The van der Waals surface area contributed by atoms with Crippen LogP contribution in [0.3, 0.4) is 0 Å². The first-order valence-electron chi connectivity index (χ1n) is 7.30. The molecule has 0 radical (unpaired) electrons. The van der Waals surface area contributed by atoms with E-state index < -0.39 is 0 Å². The van der Waals surface area contributed by atoms with Crippen molar-refractivity contribution in [3.8, 4) is 5.75 Å². The smallest absolute Gasteiger partial charge is 0.115 e. The molecule has 1 saturated heterocycles. The summed E-state index contributed by atoms with van der Waals surface area (Å²) >= 11 is 0. The monoisotopic (exact) mass is 262 g/mol. The van der Waals surface area contributed by atoms with Crippen LogP contribution >= 0.6 is 0 Å². The van der Waals surface area contributed by atoms with E-state index in [1.165, 1.54) is 12.0 Å². The highest BCUT2D eigenvalue weighted by molar-refractivity contribution is 5.25. The number of hydrogen-bond donors (Lipinski definition) is 2. The van der Waals surface area contributed by atoms with E-state index in [4.69, 9.17) is 0 Å². The van der Waals surface area contributed by atoms with Gasteiger partial charge in [0.25, 0.3) is 0 Å². The molecule has 1 fully saturated rings. The van der Waals surface area contributed by atoms with Gasteiger partial charge in [0.1, 0.15) is 5.75 Å². The minimum Gasteiger partial charge on any atom is -0.508 e. The third-order valence-corrected chi connectivity index (χ3v) is 3.79. The number of hydrogen-bond acceptors (Lipinski definition) is 3. The van der Waals surface area contributed by atoms with Crippen LogP contribution < -0.4 is 5.32 Å².